The first-order chi connectivity index (χ1) is 13.4. The van der Waals surface area contributed by atoms with E-state index < -0.39 is 0 Å². The van der Waals surface area contributed by atoms with Gasteiger partial charge in [-0.3, -0.25) is 14.7 Å². The minimum Gasteiger partial charge on any atom is -0.370 e. The van der Waals surface area contributed by atoms with Gasteiger partial charge in [0.15, 0.2) is 5.65 Å². The second-order valence-electron chi connectivity index (χ2n) is 6.72. The molecule has 0 radical (unpaired) electrons. The molecule has 0 saturated heterocycles. The van der Waals surface area contributed by atoms with Gasteiger partial charge in [0.25, 0.3) is 5.56 Å². The predicted molar refractivity (Wildman–Crippen MR) is 106 cm³/mol. The lowest BCUT2D eigenvalue weighted by Gasteiger charge is -2.27. The van der Waals surface area contributed by atoms with Crippen LogP contribution < -0.4 is 15.8 Å². The van der Waals surface area contributed by atoms with Gasteiger partial charge in [0, 0.05) is 42.8 Å². The number of rotatable bonds is 6. The second kappa shape index (κ2) is 7.96. The van der Waals surface area contributed by atoms with Crippen LogP contribution in [0.5, 0.6) is 0 Å². The van der Waals surface area contributed by atoms with Gasteiger partial charge in [0.1, 0.15) is 11.6 Å². The summed E-state index contributed by atoms with van der Waals surface area (Å²) in [4.78, 5) is 31.4. The molecule has 0 aliphatic carbocycles. The van der Waals surface area contributed by atoms with Crippen molar-refractivity contribution in [1.29, 1.82) is 5.26 Å². The summed E-state index contributed by atoms with van der Waals surface area (Å²) in [6, 6.07) is 12.0. The summed E-state index contributed by atoms with van der Waals surface area (Å²) in [6.07, 6.45) is 1.36. The van der Waals surface area contributed by atoms with Crippen molar-refractivity contribution < 1.29 is 4.79 Å². The maximum absolute atomic E-state index is 12.6. The Balaban J connectivity index is 1.68. The lowest BCUT2D eigenvalue weighted by Crippen LogP contribution is -2.41. The van der Waals surface area contributed by atoms with Crippen molar-refractivity contribution in [2.45, 2.75) is 26.3 Å². The van der Waals surface area contributed by atoms with Crippen molar-refractivity contribution in [3.63, 3.8) is 0 Å². The van der Waals surface area contributed by atoms with Crippen LogP contribution in [0, 0.1) is 18.3 Å². The van der Waals surface area contributed by atoms with E-state index in [1.54, 1.807) is 6.92 Å². The van der Waals surface area contributed by atoms with Gasteiger partial charge >= 0.3 is 0 Å². The summed E-state index contributed by atoms with van der Waals surface area (Å²) in [5.74, 6) is -0.248. The SMILES string of the molecule is Cc1nc2c(C#N)c[nH]n2c(=O)c1CC(=O)NCC(C)N(C)c1ccccc1. The summed E-state index contributed by atoms with van der Waals surface area (Å²) in [6.45, 7) is 4.13. The number of H-pyrrole nitrogens is 1. The van der Waals surface area contributed by atoms with Gasteiger partial charge in [0.05, 0.1) is 6.42 Å². The Morgan fingerprint density at radius 3 is 2.79 bits per heavy atom. The van der Waals surface area contributed by atoms with Crippen LogP contribution in [0.1, 0.15) is 23.7 Å². The van der Waals surface area contributed by atoms with Gasteiger partial charge < -0.3 is 10.2 Å². The third-order valence-electron chi connectivity index (χ3n) is 4.84. The molecular formula is C20H22N6O2. The molecule has 1 unspecified atom stereocenters. The summed E-state index contributed by atoms with van der Waals surface area (Å²) in [7, 11) is 1.97. The number of nitrogens with one attached hydrogen (secondary N) is 2. The number of carbonyl (C=O) groups excluding carboxylic acids is 1. The lowest BCUT2D eigenvalue weighted by atomic mass is 10.1. The minimum atomic E-state index is -0.367. The van der Waals surface area contributed by atoms with Crippen LogP contribution in [0.15, 0.2) is 41.3 Å². The van der Waals surface area contributed by atoms with E-state index in [0.29, 0.717) is 17.8 Å². The van der Waals surface area contributed by atoms with Crippen LogP contribution in [-0.4, -0.2) is 40.1 Å². The fourth-order valence-corrected chi connectivity index (χ4v) is 2.98. The van der Waals surface area contributed by atoms with Gasteiger partial charge in [-0.05, 0) is 26.0 Å². The molecular weight excluding hydrogens is 356 g/mol. The van der Waals surface area contributed by atoms with Crippen molar-refractivity contribution in [2.24, 2.45) is 0 Å². The zero-order valence-electron chi connectivity index (χ0n) is 16.1. The Hall–Kier alpha value is -3.60. The smallest absolute Gasteiger partial charge is 0.276 e. The number of hydrogen-bond donors (Lipinski definition) is 2. The molecule has 2 heterocycles. The monoisotopic (exact) mass is 378 g/mol. The molecule has 1 amide bonds. The third-order valence-corrected chi connectivity index (χ3v) is 4.84. The van der Waals surface area contributed by atoms with Gasteiger partial charge in [-0.15, -0.1) is 0 Å². The molecule has 2 N–H and O–H groups in total. The average molecular weight is 378 g/mol. The van der Waals surface area contributed by atoms with Gasteiger partial charge in [0.2, 0.25) is 5.91 Å². The average Bonchev–Trinajstić information content (AvgIpc) is 3.12. The number of nitrogens with zero attached hydrogens (tertiary/aromatic N) is 4. The largest absolute Gasteiger partial charge is 0.370 e. The molecule has 8 heteroatoms. The van der Waals surface area contributed by atoms with E-state index in [0.717, 1.165) is 5.69 Å². The van der Waals surface area contributed by atoms with Gasteiger partial charge in [-0.1, -0.05) is 18.2 Å². The lowest BCUT2D eigenvalue weighted by molar-refractivity contribution is -0.120. The summed E-state index contributed by atoms with van der Waals surface area (Å²) >= 11 is 0. The Kier molecular flexibility index (Phi) is 5.45. The molecule has 28 heavy (non-hydrogen) atoms. The first-order valence-electron chi connectivity index (χ1n) is 8.96. The highest BCUT2D eigenvalue weighted by atomic mass is 16.2. The molecule has 0 fully saturated rings. The number of nitriles is 1. The Morgan fingerprint density at radius 2 is 2.11 bits per heavy atom. The number of anilines is 1. The first-order valence-corrected chi connectivity index (χ1v) is 8.96. The molecule has 1 atom stereocenters. The van der Waals surface area contributed by atoms with E-state index in [-0.39, 0.29) is 35.1 Å². The molecule has 144 valence electrons. The normalized spacial score (nSPS) is 11.8. The Labute approximate surface area is 162 Å². The van der Waals surface area contributed by atoms with E-state index in [1.165, 1.54) is 10.7 Å². The number of aromatic amines is 1. The number of benzene rings is 1. The number of para-hydroxylation sites is 1. The van der Waals surface area contributed by atoms with E-state index in [1.807, 2.05) is 50.4 Å². The number of likely N-dealkylation sites (N-methyl/N-ethyl adjacent to an activating group) is 1. The molecule has 1 aromatic carbocycles. The molecule has 3 rings (SSSR count). The highest BCUT2D eigenvalue weighted by molar-refractivity contribution is 5.79. The molecule has 2 aromatic heterocycles. The topological polar surface area (TPSA) is 106 Å². The number of aromatic nitrogens is 3. The molecule has 8 nitrogen and oxygen atoms in total. The van der Waals surface area contributed by atoms with Crippen LogP contribution in [0.4, 0.5) is 5.69 Å². The van der Waals surface area contributed by atoms with Crippen LogP contribution in [0.2, 0.25) is 0 Å². The second-order valence-corrected chi connectivity index (χ2v) is 6.72. The van der Waals surface area contributed by atoms with Crippen molar-refractivity contribution in [2.75, 3.05) is 18.5 Å². The maximum atomic E-state index is 12.6. The van der Waals surface area contributed by atoms with Crippen molar-refractivity contribution in [3.05, 3.63) is 63.7 Å². The van der Waals surface area contributed by atoms with E-state index in [4.69, 9.17) is 5.26 Å². The highest BCUT2D eigenvalue weighted by Gasteiger charge is 2.17. The van der Waals surface area contributed by atoms with E-state index >= 15 is 0 Å². The zero-order valence-corrected chi connectivity index (χ0v) is 16.1. The van der Waals surface area contributed by atoms with Gasteiger partial charge in [-0.25, -0.2) is 9.50 Å². The van der Waals surface area contributed by atoms with E-state index in [2.05, 4.69) is 20.3 Å². The maximum Gasteiger partial charge on any atom is 0.276 e. The summed E-state index contributed by atoms with van der Waals surface area (Å²) in [5.41, 5.74) is 2.01. The van der Waals surface area contributed by atoms with Crippen molar-refractivity contribution in [3.8, 4) is 6.07 Å². The number of hydrogen-bond acceptors (Lipinski definition) is 5. The summed E-state index contributed by atoms with van der Waals surface area (Å²) < 4.78 is 1.19. The molecule has 0 aliphatic rings. The van der Waals surface area contributed by atoms with Crippen LogP contribution >= 0.6 is 0 Å². The van der Waals surface area contributed by atoms with Crippen molar-refractivity contribution in [1.82, 2.24) is 19.9 Å². The Morgan fingerprint density at radius 1 is 1.39 bits per heavy atom. The minimum absolute atomic E-state index is 0.0662. The number of amides is 1. The summed E-state index contributed by atoms with van der Waals surface area (Å²) in [5, 5.41) is 14.7. The fourth-order valence-electron chi connectivity index (χ4n) is 2.98. The molecule has 0 saturated carbocycles. The van der Waals surface area contributed by atoms with Crippen molar-refractivity contribution >= 4 is 17.2 Å². The van der Waals surface area contributed by atoms with Crippen LogP contribution in [0.3, 0.4) is 0 Å². The number of carbonyl (C=O) groups is 1. The molecule has 3 aromatic rings. The first kappa shape index (κ1) is 19.2. The molecule has 0 aliphatic heterocycles. The Bertz CT molecular complexity index is 1090. The van der Waals surface area contributed by atoms with Crippen LogP contribution in [-0.2, 0) is 11.2 Å². The fraction of sp³-hybridized carbons (Fsp3) is 0.300. The zero-order chi connectivity index (χ0) is 20.3. The quantitative estimate of drug-likeness (QED) is 0.674. The number of aryl methyl sites for hydroxylation is 1. The van der Waals surface area contributed by atoms with Gasteiger partial charge in [-0.2, -0.15) is 5.26 Å². The standard InChI is InChI=1S/C20H22N6O2/c1-13(25(3)16-7-5-4-6-8-16)11-22-18(27)9-17-14(2)24-19-15(10-21)12-23-26(19)20(17)28/h4-8,12-13,23H,9,11H2,1-3H3,(H,22,27). The molecule has 0 bridgehead atoms. The third kappa shape index (κ3) is 3.74. The van der Waals surface area contributed by atoms with Crippen LogP contribution in [0.25, 0.3) is 5.65 Å². The molecule has 0 spiro atoms. The highest BCUT2D eigenvalue weighted by Crippen LogP contribution is 2.13. The predicted octanol–water partition coefficient (Wildman–Crippen LogP) is 1.39. The van der Waals surface area contributed by atoms with E-state index in [9.17, 15) is 9.59 Å². The number of fused-ring (bicyclic) bond motifs is 1.